The number of amides is 1. The Morgan fingerprint density at radius 3 is 2.50 bits per heavy atom. The zero-order chi connectivity index (χ0) is 13.5. The highest BCUT2D eigenvalue weighted by Crippen LogP contribution is 2.30. The minimum absolute atomic E-state index is 0.0275. The van der Waals surface area contributed by atoms with Crippen molar-refractivity contribution in [1.82, 2.24) is 5.32 Å². The van der Waals surface area contributed by atoms with E-state index in [1.54, 1.807) is 0 Å². The second kappa shape index (κ2) is 7.36. The first-order chi connectivity index (χ1) is 8.54. The molecule has 2 unspecified atom stereocenters. The largest absolute Gasteiger partial charge is 0.479 e. The van der Waals surface area contributed by atoms with Gasteiger partial charge in [0.05, 0.1) is 6.54 Å². The molecule has 0 aromatic carbocycles. The van der Waals surface area contributed by atoms with Crippen molar-refractivity contribution in [2.45, 2.75) is 45.1 Å². The van der Waals surface area contributed by atoms with Gasteiger partial charge in [-0.3, -0.25) is 4.79 Å². The lowest BCUT2D eigenvalue weighted by atomic mass is 9.94. The first-order valence-electron chi connectivity index (χ1n) is 6.58. The van der Waals surface area contributed by atoms with E-state index in [0.29, 0.717) is 5.92 Å². The van der Waals surface area contributed by atoms with E-state index in [-0.39, 0.29) is 18.4 Å². The van der Waals surface area contributed by atoms with Crippen molar-refractivity contribution in [3.63, 3.8) is 0 Å². The molecule has 1 aliphatic rings. The monoisotopic (exact) mass is 257 g/mol. The summed E-state index contributed by atoms with van der Waals surface area (Å²) in [5.74, 6) is -0.533. The van der Waals surface area contributed by atoms with Crippen LogP contribution in [-0.4, -0.2) is 36.7 Å². The topological polar surface area (TPSA) is 75.6 Å². The number of rotatable bonds is 7. The molecule has 0 aromatic heterocycles. The van der Waals surface area contributed by atoms with Crippen LogP contribution in [0.3, 0.4) is 0 Å². The standard InChI is InChI=1S/C13H23NO4/c1-9(7-10-5-3-4-6-10)12(15)14-8-11(18-2)13(16)17/h9-11H,3-8H2,1-2H3,(H,14,15)(H,16,17). The Labute approximate surface area is 108 Å². The maximum atomic E-state index is 11.8. The maximum Gasteiger partial charge on any atom is 0.334 e. The molecule has 5 heteroatoms. The molecule has 18 heavy (non-hydrogen) atoms. The summed E-state index contributed by atoms with van der Waals surface area (Å²) in [6.45, 7) is 1.93. The minimum atomic E-state index is -1.05. The van der Waals surface area contributed by atoms with Crippen LogP contribution in [0.25, 0.3) is 0 Å². The molecule has 1 fully saturated rings. The summed E-state index contributed by atoms with van der Waals surface area (Å²) in [4.78, 5) is 22.5. The molecule has 0 spiro atoms. The lowest BCUT2D eigenvalue weighted by Gasteiger charge is -2.17. The lowest BCUT2D eigenvalue weighted by Crippen LogP contribution is -2.40. The molecule has 1 saturated carbocycles. The Balaban J connectivity index is 2.28. The zero-order valence-corrected chi connectivity index (χ0v) is 11.1. The summed E-state index contributed by atoms with van der Waals surface area (Å²) < 4.78 is 4.76. The van der Waals surface area contributed by atoms with Crippen molar-refractivity contribution in [2.24, 2.45) is 11.8 Å². The fraction of sp³-hybridized carbons (Fsp3) is 0.846. The Hall–Kier alpha value is -1.10. The molecule has 0 bridgehead atoms. The fourth-order valence-electron chi connectivity index (χ4n) is 2.49. The summed E-state index contributed by atoms with van der Waals surface area (Å²) in [7, 11) is 1.33. The summed E-state index contributed by atoms with van der Waals surface area (Å²) in [5, 5.41) is 11.4. The maximum absolute atomic E-state index is 11.8. The van der Waals surface area contributed by atoms with Gasteiger partial charge in [-0.15, -0.1) is 0 Å². The molecule has 0 saturated heterocycles. The number of ether oxygens (including phenoxy) is 1. The van der Waals surface area contributed by atoms with Crippen LogP contribution in [0.1, 0.15) is 39.0 Å². The third kappa shape index (κ3) is 4.64. The molecule has 2 N–H and O–H groups in total. The van der Waals surface area contributed by atoms with Crippen molar-refractivity contribution in [3.8, 4) is 0 Å². The Bertz CT molecular complexity index is 287. The predicted octanol–water partition coefficient (Wildman–Crippen LogP) is 1.42. The third-order valence-electron chi connectivity index (χ3n) is 3.63. The lowest BCUT2D eigenvalue weighted by molar-refractivity contribution is -0.148. The van der Waals surface area contributed by atoms with E-state index in [1.165, 1.54) is 32.8 Å². The van der Waals surface area contributed by atoms with Crippen LogP contribution < -0.4 is 5.32 Å². The number of carbonyl (C=O) groups excluding carboxylic acids is 1. The third-order valence-corrected chi connectivity index (χ3v) is 3.63. The van der Waals surface area contributed by atoms with E-state index < -0.39 is 12.1 Å². The fourth-order valence-corrected chi connectivity index (χ4v) is 2.49. The Morgan fingerprint density at radius 1 is 1.39 bits per heavy atom. The number of hydrogen-bond donors (Lipinski definition) is 2. The van der Waals surface area contributed by atoms with Gasteiger partial charge in [-0.25, -0.2) is 4.79 Å². The highest BCUT2D eigenvalue weighted by molar-refractivity contribution is 5.79. The highest BCUT2D eigenvalue weighted by atomic mass is 16.5. The van der Waals surface area contributed by atoms with Crippen molar-refractivity contribution < 1.29 is 19.4 Å². The van der Waals surface area contributed by atoms with Crippen LogP contribution in [-0.2, 0) is 14.3 Å². The van der Waals surface area contributed by atoms with Gasteiger partial charge in [-0.05, 0) is 12.3 Å². The molecule has 5 nitrogen and oxygen atoms in total. The second-order valence-electron chi connectivity index (χ2n) is 5.09. The normalized spacial score (nSPS) is 19.4. The minimum Gasteiger partial charge on any atom is -0.479 e. The van der Waals surface area contributed by atoms with Crippen LogP contribution in [0.4, 0.5) is 0 Å². The van der Waals surface area contributed by atoms with Crippen molar-refractivity contribution >= 4 is 11.9 Å². The summed E-state index contributed by atoms with van der Waals surface area (Å²) in [6.07, 6.45) is 4.90. The Morgan fingerprint density at radius 2 is 2.00 bits per heavy atom. The first-order valence-corrected chi connectivity index (χ1v) is 6.58. The Kier molecular flexibility index (Phi) is 6.12. The number of carboxylic acids is 1. The average molecular weight is 257 g/mol. The SMILES string of the molecule is COC(CNC(=O)C(C)CC1CCCC1)C(=O)O. The van der Waals surface area contributed by atoms with Gasteiger partial charge in [0.2, 0.25) is 5.91 Å². The van der Waals surface area contributed by atoms with E-state index >= 15 is 0 Å². The van der Waals surface area contributed by atoms with E-state index in [0.717, 1.165) is 6.42 Å². The summed E-state index contributed by atoms with van der Waals surface area (Å²) in [5.41, 5.74) is 0. The zero-order valence-electron chi connectivity index (χ0n) is 11.1. The van der Waals surface area contributed by atoms with Crippen LogP contribution in [0, 0.1) is 11.8 Å². The van der Waals surface area contributed by atoms with Crippen LogP contribution in [0.2, 0.25) is 0 Å². The molecule has 2 atom stereocenters. The van der Waals surface area contributed by atoms with Crippen LogP contribution in [0.15, 0.2) is 0 Å². The predicted molar refractivity (Wildman–Crippen MR) is 67.2 cm³/mol. The van der Waals surface area contributed by atoms with Gasteiger partial charge >= 0.3 is 5.97 Å². The molecule has 104 valence electrons. The molecule has 1 aliphatic carbocycles. The van der Waals surface area contributed by atoms with Gasteiger partial charge in [0, 0.05) is 13.0 Å². The number of carbonyl (C=O) groups is 2. The van der Waals surface area contributed by atoms with Crippen molar-refractivity contribution in [1.29, 1.82) is 0 Å². The molecule has 0 heterocycles. The highest BCUT2D eigenvalue weighted by Gasteiger charge is 2.23. The molecule has 1 rings (SSSR count). The number of hydrogen-bond acceptors (Lipinski definition) is 3. The number of carboxylic acid groups (broad SMARTS) is 1. The smallest absolute Gasteiger partial charge is 0.334 e. The first kappa shape index (κ1) is 15.0. The number of methoxy groups -OCH3 is 1. The molecular formula is C13H23NO4. The van der Waals surface area contributed by atoms with Gasteiger partial charge in [-0.1, -0.05) is 32.6 Å². The molecule has 0 aliphatic heterocycles. The van der Waals surface area contributed by atoms with E-state index in [9.17, 15) is 9.59 Å². The molecule has 1 amide bonds. The van der Waals surface area contributed by atoms with Crippen LogP contribution >= 0.6 is 0 Å². The summed E-state index contributed by atoms with van der Waals surface area (Å²) >= 11 is 0. The van der Waals surface area contributed by atoms with E-state index in [2.05, 4.69) is 5.32 Å². The number of aliphatic carboxylic acids is 1. The van der Waals surface area contributed by atoms with E-state index in [1.807, 2.05) is 6.92 Å². The van der Waals surface area contributed by atoms with Crippen molar-refractivity contribution in [2.75, 3.05) is 13.7 Å². The van der Waals surface area contributed by atoms with Gasteiger partial charge in [0.1, 0.15) is 0 Å². The van der Waals surface area contributed by atoms with Gasteiger partial charge < -0.3 is 15.2 Å². The quantitative estimate of drug-likeness (QED) is 0.723. The van der Waals surface area contributed by atoms with Crippen LogP contribution in [0.5, 0.6) is 0 Å². The van der Waals surface area contributed by atoms with Crippen molar-refractivity contribution in [3.05, 3.63) is 0 Å². The molecule has 0 radical (unpaired) electrons. The van der Waals surface area contributed by atoms with E-state index in [4.69, 9.17) is 9.84 Å². The number of nitrogens with one attached hydrogen (secondary N) is 1. The average Bonchev–Trinajstić information content (AvgIpc) is 2.81. The summed E-state index contributed by atoms with van der Waals surface area (Å²) in [6, 6.07) is 0. The molecular weight excluding hydrogens is 234 g/mol. The van der Waals surface area contributed by atoms with Gasteiger partial charge in [0.25, 0.3) is 0 Å². The van der Waals surface area contributed by atoms with Gasteiger partial charge in [0.15, 0.2) is 6.10 Å². The van der Waals surface area contributed by atoms with Gasteiger partial charge in [-0.2, -0.15) is 0 Å². The second-order valence-corrected chi connectivity index (χ2v) is 5.09. The molecule has 0 aromatic rings.